The van der Waals surface area contributed by atoms with Gasteiger partial charge in [-0.25, -0.2) is 0 Å². The fourth-order valence-corrected chi connectivity index (χ4v) is 2.44. The maximum Gasteiger partial charge on any atom is 0.236 e. The van der Waals surface area contributed by atoms with Crippen molar-refractivity contribution in [1.29, 1.82) is 0 Å². The molecular formula is C15H30N2O2. The van der Waals surface area contributed by atoms with E-state index < -0.39 is 0 Å². The lowest BCUT2D eigenvalue weighted by Gasteiger charge is -2.20. The summed E-state index contributed by atoms with van der Waals surface area (Å²) in [7, 11) is 0. The Labute approximate surface area is 117 Å². The second-order valence-electron chi connectivity index (χ2n) is 5.97. The van der Waals surface area contributed by atoms with Crippen LogP contribution in [0, 0.1) is 11.8 Å². The second kappa shape index (κ2) is 8.54. The van der Waals surface area contributed by atoms with Crippen LogP contribution in [0.5, 0.6) is 0 Å². The van der Waals surface area contributed by atoms with Crippen molar-refractivity contribution in [3.05, 3.63) is 0 Å². The molecular weight excluding hydrogens is 240 g/mol. The largest absolute Gasteiger partial charge is 0.378 e. The summed E-state index contributed by atoms with van der Waals surface area (Å²) in [6.45, 7) is 10.9. The van der Waals surface area contributed by atoms with E-state index in [1.54, 1.807) is 0 Å². The van der Waals surface area contributed by atoms with Gasteiger partial charge in [-0.15, -0.1) is 0 Å². The van der Waals surface area contributed by atoms with Crippen molar-refractivity contribution in [2.24, 2.45) is 11.8 Å². The highest BCUT2D eigenvalue weighted by Gasteiger charge is 2.27. The minimum absolute atomic E-state index is 0.104. The molecule has 1 fully saturated rings. The Morgan fingerprint density at radius 1 is 1.37 bits per heavy atom. The third-order valence-corrected chi connectivity index (χ3v) is 3.85. The van der Waals surface area contributed by atoms with E-state index in [9.17, 15) is 4.79 Å². The number of carbonyl (C=O) groups excluding carboxylic acids is 1. The van der Waals surface area contributed by atoms with Crippen molar-refractivity contribution in [3.8, 4) is 0 Å². The molecule has 4 heteroatoms. The van der Waals surface area contributed by atoms with Gasteiger partial charge in [0.05, 0.1) is 12.1 Å². The van der Waals surface area contributed by atoms with Crippen LogP contribution in [0.3, 0.4) is 0 Å². The highest BCUT2D eigenvalue weighted by molar-refractivity contribution is 5.81. The van der Waals surface area contributed by atoms with Crippen LogP contribution in [0.25, 0.3) is 0 Å². The standard InChI is InChI=1S/C15H30N2O2/c1-5-14-13(7-9-19-14)10-17-12(4)15(18)16-8-6-11(2)3/h11-14,17H,5-10H2,1-4H3,(H,16,18). The SMILES string of the molecule is CCC1OCCC1CNC(C)C(=O)NCCC(C)C. The number of nitrogens with one attached hydrogen (secondary N) is 2. The van der Waals surface area contributed by atoms with E-state index >= 15 is 0 Å². The van der Waals surface area contributed by atoms with Crippen LogP contribution in [0.1, 0.15) is 47.0 Å². The molecule has 0 aromatic rings. The smallest absolute Gasteiger partial charge is 0.236 e. The van der Waals surface area contributed by atoms with E-state index in [0.717, 1.165) is 39.0 Å². The van der Waals surface area contributed by atoms with Crippen LogP contribution < -0.4 is 10.6 Å². The first-order valence-electron chi connectivity index (χ1n) is 7.67. The molecule has 0 bridgehead atoms. The third kappa shape index (κ3) is 5.91. The molecule has 0 spiro atoms. The van der Waals surface area contributed by atoms with E-state index in [1.165, 1.54) is 0 Å². The molecule has 0 saturated carbocycles. The van der Waals surface area contributed by atoms with Crippen LogP contribution in [-0.4, -0.2) is 37.7 Å². The van der Waals surface area contributed by atoms with E-state index in [1.807, 2.05) is 6.92 Å². The fourth-order valence-electron chi connectivity index (χ4n) is 2.44. The maximum atomic E-state index is 11.9. The monoisotopic (exact) mass is 270 g/mol. The summed E-state index contributed by atoms with van der Waals surface area (Å²) in [6, 6.07) is -0.120. The molecule has 0 radical (unpaired) electrons. The molecule has 19 heavy (non-hydrogen) atoms. The zero-order chi connectivity index (χ0) is 14.3. The van der Waals surface area contributed by atoms with Gasteiger partial charge in [-0.3, -0.25) is 4.79 Å². The van der Waals surface area contributed by atoms with Gasteiger partial charge in [0, 0.05) is 19.7 Å². The van der Waals surface area contributed by atoms with Crippen LogP contribution in [0.15, 0.2) is 0 Å². The van der Waals surface area contributed by atoms with Gasteiger partial charge in [-0.2, -0.15) is 0 Å². The van der Waals surface area contributed by atoms with Crippen molar-refractivity contribution >= 4 is 5.91 Å². The van der Waals surface area contributed by atoms with E-state index in [-0.39, 0.29) is 11.9 Å². The molecule has 0 aromatic heterocycles. The Morgan fingerprint density at radius 3 is 2.74 bits per heavy atom. The zero-order valence-electron chi connectivity index (χ0n) is 12.9. The van der Waals surface area contributed by atoms with E-state index in [4.69, 9.17) is 4.74 Å². The molecule has 1 aliphatic heterocycles. The Bertz CT molecular complexity index is 269. The maximum absolute atomic E-state index is 11.9. The minimum atomic E-state index is -0.120. The van der Waals surface area contributed by atoms with Gasteiger partial charge in [0.25, 0.3) is 0 Å². The highest BCUT2D eigenvalue weighted by atomic mass is 16.5. The molecule has 0 aromatic carbocycles. The van der Waals surface area contributed by atoms with Crippen LogP contribution in [0.4, 0.5) is 0 Å². The normalized spacial score (nSPS) is 24.7. The topological polar surface area (TPSA) is 50.4 Å². The fraction of sp³-hybridized carbons (Fsp3) is 0.933. The summed E-state index contributed by atoms with van der Waals surface area (Å²) in [4.78, 5) is 11.9. The lowest BCUT2D eigenvalue weighted by atomic mass is 9.99. The Hall–Kier alpha value is -0.610. The summed E-state index contributed by atoms with van der Waals surface area (Å²) in [5.74, 6) is 1.29. The summed E-state index contributed by atoms with van der Waals surface area (Å²) < 4.78 is 5.66. The number of hydrogen-bond acceptors (Lipinski definition) is 3. The molecule has 112 valence electrons. The van der Waals surface area contributed by atoms with Crippen molar-refractivity contribution in [3.63, 3.8) is 0 Å². The van der Waals surface area contributed by atoms with Gasteiger partial charge in [0.15, 0.2) is 0 Å². The Balaban J connectivity index is 2.19. The number of ether oxygens (including phenoxy) is 1. The van der Waals surface area contributed by atoms with Gasteiger partial charge in [-0.1, -0.05) is 20.8 Å². The quantitative estimate of drug-likeness (QED) is 0.709. The number of carbonyl (C=O) groups is 1. The molecule has 3 unspecified atom stereocenters. The molecule has 1 rings (SSSR count). The molecule has 1 saturated heterocycles. The predicted molar refractivity (Wildman–Crippen MR) is 78.1 cm³/mol. The summed E-state index contributed by atoms with van der Waals surface area (Å²) in [6.07, 6.45) is 3.56. The predicted octanol–water partition coefficient (Wildman–Crippen LogP) is 1.94. The molecule has 1 aliphatic rings. The summed E-state index contributed by atoms with van der Waals surface area (Å²) in [5.41, 5.74) is 0. The van der Waals surface area contributed by atoms with Gasteiger partial charge >= 0.3 is 0 Å². The van der Waals surface area contributed by atoms with Crippen molar-refractivity contribution in [2.45, 2.75) is 59.1 Å². The minimum Gasteiger partial charge on any atom is -0.378 e. The first-order valence-corrected chi connectivity index (χ1v) is 7.67. The third-order valence-electron chi connectivity index (χ3n) is 3.85. The zero-order valence-corrected chi connectivity index (χ0v) is 12.9. The highest BCUT2D eigenvalue weighted by Crippen LogP contribution is 2.22. The number of hydrogen-bond donors (Lipinski definition) is 2. The van der Waals surface area contributed by atoms with Crippen LogP contribution >= 0.6 is 0 Å². The lowest BCUT2D eigenvalue weighted by Crippen LogP contribution is -2.45. The second-order valence-corrected chi connectivity index (χ2v) is 5.97. The van der Waals surface area contributed by atoms with Crippen molar-refractivity contribution in [2.75, 3.05) is 19.7 Å². The summed E-state index contributed by atoms with van der Waals surface area (Å²) >= 11 is 0. The van der Waals surface area contributed by atoms with Crippen LogP contribution in [-0.2, 0) is 9.53 Å². The van der Waals surface area contributed by atoms with Gasteiger partial charge in [0.2, 0.25) is 5.91 Å². The van der Waals surface area contributed by atoms with E-state index in [2.05, 4.69) is 31.4 Å². The molecule has 1 heterocycles. The van der Waals surface area contributed by atoms with Crippen LogP contribution in [0.2, 0.25) is 0 Å². The Morgan fingerprint density at radius 2 is 2.11 bits per heavy atom. The molecule has 1 amide bonds. The molecule has 4 nitrogen and oxygen atoms in total. The van der Waals surface area contributed by atoms with Gasteiger partial charge < -0.3 is 15.4 Å². The molecule has 0 aliphatic carbocycles. The average molecular weight is 270 g/mol. The Kier molecular flexibility index (Phi) is 7.39. The van der Waals surface area contributed by atoms with Gasteiger partial charge in [-0.05, 0) is 38.0 Å². The van der Waals surface area contributed by atoms with E-state index in [0.29, 0.717) is 17.9 Å². The summed E-state index contributed by atoms with van der Waals surface area (Å²) in [5, 5.41) is 6.32. The number of rotatable bonds is 8. The van der Waals surface area contributed by atoms with Crippen molar-refractivity contribution in [1.82, 2.24) is 10.6 Å². The van der Waals surface area contributed by atoms with Gasteiger partial charge in [0.1, 0.15) is 0 Å². The molecule has 3 atom stereocenters. The van der Waals surface area contributed by atoms with Crippen molar-refractivity contribution < 1.29 is 9.53 Å². The molecule has 2 N–H and O–H groups in total. The number of amides is 1. The first-order chi connectivity index (χ1) is 9.04. The lowest BCUT2D eigenvalue weighted by molar-refractivity contribution is -0.122. The average Bonchev–Trinajstić information content (AvgIpc) is 2.82. The first kappa shape index (κ1) is 16.4.